The molecule has 0 aliphatic heterocycles. The van der Waals surface area contributed by atoms with Crippen molar-refractivity contribution >= 4 is 46.0 Å². The molecule has 0 unspecified atom stereocenters. The third kappa shape index (κ3) is 4.86. The van der Waals surface area contributed by atoms with Crippen molar-refractivity contribution in [3.63, 3.8) is 0 Å². The summed E-state index contributed by atoms with van der Waals surface area (Å²) in [6, 6.07) is 22.3. The maximum absolute atomic E-state index is 12.5. The average Bonchev–Trinajstić information content (AvgIpc) is 2.74. The summed E-state index contributed by atoms with van der Waals surface area (Å²) in [5.41, 5.74) is 3.27. The minimum atomic E-state index is -0.321. The number of hydrogen-bond acceptors (Lipinski definition) is 5. The largest absolute Gasteiger partial charge is 0.425 e. The van der Waals surface area contributed by atoms with Crippen molar-refractivity contribution < 1.29 is 7.86 Å². The summed E-state index contributed by atoms with van der Waals surface area (Å²) in [5, 5.41) is 5.76. The number of rotatable bonds is 7. The van der Waals surface area contributed by atoms with Crippen molar-refractivity contribution in [2.24, 2.45) is 5.18 Å². The van der Waals surface area contributed by atoms with Gasteiger partial charge in [-0.25, -0.2) is 0 Å². The summed E-state index contributed by atoms with van der Waals surface area (Å²) in [4.78, 5) is 25.6. The van der Waals surface area contributed by atoms with Crippen LogP contribution in [-0.4, -0.2) is 13.0 Å². The number of hydrogen-bond donors (Lipinski definition) is 1. The number of halogens is 1. The topological polar surface area (TPSA) is 71.0 Å². The lowest BCUT2D eigenvalue weighted by molar-refractivity contribution is 0.102. The standard InChI is InChI=1S/C21H18IN3O3/c1-25(18-8-3-2-4-9-18)14-15-6-5-7-17(12-15)23-21(26)16-10-11-20(28-22)19(13-16)24-27/h2-13H,14H2,1H3,(H,23,26). The van der Waals surface area contributed by atoms with Crippen LogP contribution in [0.15, 0.2) is 78.0 Å². The molecular weight excluding hydrogens is 469 g/mol. The van der Waals surface area contributed by atoms with Crippen LogP contribution in [0, 0.1) is 4.91 Å². The van der Waals surface area contributed by atoms with E-state index >= 15 is 0 Å². The molecule has 7 heteroatoms. The predicted molar refractivity (Wildman–Crippen MR) is 119 cm³/mol. The van der Waals surface area contributed by atoms with Crippen LogP contribution in [0.3, 0.4) is 0 Å². The fourth-order valence-corrected chi connectivity index (χ4v) is 3.17. The van der Waals surface area contributed by atoms with Gasteiger partial charge >= 0.3 is 0 Å². The van der Waals surface area contributed by atoms with E-state index in [0.29, 0.717) is 23.5 Å². The second kappa shape index (κ2) is 9.32. The second-order valence-electron chi connectivity index (χ2n) is 6.20. The molecule has 0 heterocycles. The van der Waals surface area contributed by atoms with E-state index in [1.54, 1.807) is 35.1 Å². The molecular formula is C21H18IN3O3. The zero-order chi connectivity index (χ0) is 19.9. The Morgan fingerprint density at radius 1 is 1.07 bits per heavy atom. The molecule has 28 heavy (non-hydrogen) atoms. The van der Waals surface area contributed by atoms with Crippen LogP contribution in [0.25, 0.3) is 0 Å². The van der Waals surface area contributed by atoms with E-state index in [9.17, 15) is 9.70 Å². The molecule has 0 aromatic heterocycles. The Hall–Kier alpha value is -2.94. The maximum atomic E-state index is 12.5. The van der Waals surface area contributed by atoms with E-state index in [4.69, 9.17) is 3.07 Å². The van der Waals surface area contributed by atoms with E-state index in [2.05, 4.69) is 15.4 Å². The zero-order valence-corrected chi connectivity index (χ0v) is 17.3. The van der Waals surface area contributed by atoms with Crippen molar-refractivity contribution in [1.82, 2.24) is 0 Å². The van der Waals surface area contributed by atoms with E-state index in [0.717, 1.165) is 11.3 Å². The van der Waals surface area contributed by atoms with Crippen molar-refractivity contribution in [1.29, 1.82) is 0 Å². The summed E-state index contributed by atoms with van der Waals surface area (Å²) >= 11 is 1.66. The number of para-hydroxylation sites is 1. The van der Waals surface area contributed by atoms with Gasteiger partial charge in [0.15, 0.2) is 34.4 Å². The summed E-state index contributed by atoms with van der Waals surface area (Å²) in [5.74, 6) is -0.00318. The first-order chi connectivity index (χ1) is 13.6. The SMILES string of the molecule is CN(Cc1cccc(NC(=O)c2ccc(OI)c(N=O)c2)c1)c1ccccc1. The monoisotopic (exact) mass is 487 g/mol. The first kappa shape index (κ1) is 19.8. The van der Waals surface area contributed by atoms with Gasteiger partial charge in [0.1, 0.15) is 0 Å². The van der Waals surface area contributed by atoms with Crippen LogP contribution in [-0.2, 0) is 6.54 Å². The van der Waals surface area contributed by atoms with E-state index in [-0.39, 0.29) is 11.6 Å². The fourth-order valence-electron chi connectivity index (χ4n) is 2.79. The van der Waals surface area contributed by atoms with Crippen LogP contribution in [0.2, 0.25) is 0 Å². The fraction of sp³-hybridized carbons (Fsp3) is 0.0952. The van der Waals surface area contributed by atoms with Crippen LogP contribution in [0.5, 0.6) is 5.75 Å². The highest BCUT2D eigenvalue weighted by molar-refractivity contribution is 14.1. The van der Waals surface area contributed by atoms with Crippen molar-refractivity contribution in [3.05, 3.63) is 88.8 Å². The lowest BCUT2D eigenvalue weighted by Crippen LogP contribution is -2.16. The Kier molecular flexibility index (Phi) is 6.59. The van der Waals surface area contributed by atoms with Gasteiger partial charge in [-0.05, 0) is 53.2 Å². The second-order valence-corrected chi connectivity index (χ2v) is 6.64. The molecule has 6 nitrogen and oxygen atoms in total. The molecule has 3 aromatic rings. The molecule has 3 rings (SSSR count). The average molecular weight is 487 g/mol. The first-order valence-corrected chi connectivity index (χ1v) is 9.41. The molecule has 0 fully saturated rings. The van der Waals surface area contributed by atoms with Gasteiger partial charge in [-0.2, -0.15) is 0 Å². The van der Waals surface area contributed by atoms with Crippen LogP contribution < -0.4 is 13.3 Å². The molecule has 0 atom stereocenters. The first-order valence-electron chi connectivity index (χ1n) is 8.53. The van der Waals surface area contributed by atoms with Crippen molar-refractivity contribution in [3.8, 4) is 5.75 Å². The van der Waals surface area contributed by atoms with Gasteiger partial charge in [-0.1, -0.05) is 30.3 Å². The molecule has 0 saturated carbocycles. The number of benzene rings is 3. The van der Waals surface area contributed by atoms with Crippen molar-refractivity contribution in [2.75, 3.05) is 17.3 Å². The number of nitroso groups, excluding NO2 is 1. The summed E-state index contributed by atoms with van der Waals surface area (Å²) in [7, 11) is 2.02. The highest BCUT2D eigenvalue weighted by Crippen LogP contribution is 2.30. The smallest absolute Gasteiger partial charge is 0.255 e. The molecule has 0 radical (unpaired) electrons. The number of anilines is 2. The molecule has 0 aliphatic rings. The number of nitrogens with zero attached hydrogens (tertiary/aromatic N) is 2. The van der Waals surface area contributed by atoms with Gasteiger partial charge in [0, 0.05) is 30.5 Å². The molecule has 3 aromatic carbocycles. The highest BCUT2D eigenvalue weighted by Gasteiger charge is 2.12. The third-order valence-corrected chi connectivity index (χ3v) is 4.68. The molecule has 0 saturated heterocycles. The van der Waals surface area contributed by atoms with E-state index in [1.165, 1.54) is 6.07 Å². The Morgan fingerprint density at radius 3 is 2.57 bits per heavy atom. The summed E-state index contributed by atoms with van der Waals surface area (Å²) in [6.07, 6.45) is 0. The molecule has 0 aliphatic carbocycles. The van der Waals surface area contributed by atoms with Gasteiger partial charge in [0.2, 0.25) is 0 Å². The van der Waals surface area contributed by atoms with Gasteiger partial charge < -0.3 is 13.3 Å². The van der Waals surface area contributed by atoms with Gasteiger partial charge in [-0.15, -0.1) is 4.91 Å². The lowest BCUT2D eigenvalue weighted by atomic mass is 10.1. The summed E-state index contributed by atoms with van der Waals surface area (Å²) < 4.78 is 5.02. The number of nitrogens with one attached hydrogen (secondary N) is 1. The van der Waals surface area contributed by atoms with Gasteiger partial charge in [0.05, 0.1) is 0 Å². The minimum Gasteiger partial charge on any atom is -0.425 e. The highest BCUT2D eigenvalue weighted by atomic mass is 127. The molecule has 1 N–H and O–H groups in total. The number of carbonyl (C=O) groups excluding carboxylic acids is 1. The van der Waals surface area contributed by atoms with Crippen molar-refractivity contribution in [2.45, 2.75) is 6.54 Å². The summed E-state index contributed by atoms with van der Waals surface area (Å²) in [6.45, 7) is 0.703. The third-order valence-electron chi connectivity index (χ3n) is 4.20. The number of carbonyl (C=O) groups is 1. The molecule has 0 bridgehead atoms. The van der Waals surface area contributed by atoms with Gasteiger partial charge in [0.25, 0.3) is 5.91 Å². The maximum Gasteiger partial charge on any atom is 0.255 e. The predicted octanol–water partition coefficient (Wildman–Crippen LogP) is 5.70. The molecule has 142 valence electrons. The lowest BCUT2D eigenvalue weighted by Gasteiger charge is -2.19. The Balaban J connectivity index is 1.72. The molecule has 1 amide bonds. The van der Waals surface area contributed by atoms with E-state index < -0.39 is 0 Å². The number of amides is 1. The Bertz CT molecular complexity index is 980. The van der Waals surface area contributed by atoms with Crippen LogP contribution in [0.4, 0.5) is 17.1 Å². The molecule has 0 spiro atoms. The quantitative estimate of drug-likeness (QED) is 0.343. The zero-order valence-electron chi connectivity index (χ0n) is 15.1. The van der Waals surface area contributed by atoms with Gasteiger partial charge in [-0.3, -0.25) is 4.79 Å². The minimum absolute atomic E-state index is 0.0836. The normalized spacial score (nSPS) is 10.2. The van der Waals surface area contributed by atoms with E-state index in [1.807, 2.05) is 61.6 Å². The Morgan fingerprint density at radius 2 is 1.86 bits per heavy atom. The van der Waals surface area contributed by atoms with Crippen LogP contribution >= 0.6 is 23.0 Å². The Labute approximate surface area is 177 Å². The van der Waals surface area contributed by atoms with Crippen LogP contribution in [0.1, 0.15) is 15.9 Å².